The Labute approximate surface area is 149 Å². The molecule has 7 heteroatoms. The van der Waals surface area contributed by atoms with Gasteiger partial charge in [0.25, 0.3) is 0 Å². The molecule has 120 valence electrons. The number of alkyl halides is 3. The Kier molecular flexibility index (Phi) is 3.36. The van der Waals surface area contributed by atoms with Gasteiger partial charge in [-0.1, -0.05) is 47.8 Å². The van der Waals surface area contributed by atoms with Gasteiger partial charge in [-0.3, -0.25) is 0 Å². The van der Waals surface area contributed by atoms with Crippen LogP contribution in [0.5, 0.6) is 0 Å². The van der Waals surface area contributed by atoms with Gasteiger partial charge in [0.05, 0.1) is 22.9 Å². The first-order valence-corrected chi connectivity index (χ1v) is 10.1. The van der Waals surface area contributed by atoms with E-state index in [0.29, 0.717) is 32.1 Å². The van der Waals surface area contributed by atoms with E-state index in [1.165, 1.54) is 0 Å². The highest BCUT2D eigenvalue weighted by Crippen LogP contribution is 2.65. The molecule has 3 N–H and O–H groups in total. The van der Waals surface area contributed by atoms with Crippen LogP contribution in [0.15, 0.2) is 0 Å². The summed E-state index contributed by atoms with van der Waals surface area (Å²) in [5.41, 5.74) is -4.24. The lowest BCUT2D eigenvalue weighted by molar-refractivity contribution is -0.278. The first-order chi connectivity index (χ1) is 9.62. The van der Waals surface area contributed by atoms with Crippen molar-refractivity contribution in [2.75, 3.05) is 0 Å². The molecule has 4 aliphatic rings. The van der Waals surface area contributed by atoms with Gasteiger partial charge in [0.2, 0.25) is 0 Å². The van der Waals surface area contributed by atoms with Gasteiger partial charge in [0.15, 0.2) is 0 Å². The summed E-state index contributed by atoms with van der Waals surface area (Å²) < 4.78 is 6.11. The first kappa shape index (κ1) is 15.8. The lowest BCUT2D eigenvalue weighted by Gasteiger charge is -2.61. The smallest absolute Gasteiger partial charge is 0.101 e. The summed E-state index contributed by atoms with van der Waals surface area (Å²) in [5, 5.41) is 33.4. The Morgan fingerprint density at radius 2 is 1.29 bits per heavy atom. The van der Waals surface area contributed by atoms with Crippen LogP contribution in [-0.4, -0.2) is 58.3 Å². The molecule has 0 unspecified atom stereocenters. The topological polar surface area (TPSA) is 69.9 Å². The lowest BCUT2D eigenvalue weighted by atomic mass is 9.52. The molecule has 0 aromatic rings. The predicted molar refractivity (Wildman–Crippen MR) is 88.3 cm³/mol. The Hall–Kier alpha value is 1.28. The van der Waals surface area contributed by atoms with E-state index >= 15 is 0 Å². The van der Waals surface area contributed by atoms with Crippen LogP contribution in [0.1, 0.15) is 38.5 Å². The van der Waals surface area contributed by atoms with Gasteiger partial charge in [-0.15, -0.1) is 0 Å². The Bertz CT molecular complexity index is 487. The van der Waals surface area contributed by atoms with E-state index in [1.807, 2.05) is 0 Å². The molecule has 21 heavy (non-hydrogen) atoms. The standard InChI is InChI=1S/C14H19Br3O4/c15-7-1-11(18)5-13(20)4-10-9(17)3-14(13,21-10)6-12(11,19)2-8(7)16/h7-10,18-20H,1-6H2/t7-,8-,9+,10-,11-,12-,13+,14+/m1/s1. The van der Waals surface area contributed by atoms with Gasteiger partial charge in [0, 0.05) is 33.7 Å². The van der Waals surface area contributed by atoms with Crippen molar-refractivity contribution in [1.82, 2.24) is 0 Å². The van der Waals surface area contributed by atoms with Crippen molar-refractivity contribution in [3.05, 3.63) is 0 Å². The number of hydrogen-bond acceptors (Lipinski definition) is 4. The zero-order valence-corrected chi connectivity index (χ0v) is 16.2. The van der Waals surface area contributed by atoms with Crippen molar-refractivity contribution >= 4 is 47.8 Å². The third-order valence-corrected chi connectivity index (χ3v) is 9.73. The van der Waals surface area contributed by atoms with E-state index in [4.69, 9.17) is 4.74 Å². The fourth-order valence-corrected chi connectivity index (χ4v) is 7.33. The van der Waals surface area contributed by atoms with Crippen molar-refractivity contribution in [1.29, 1.82) is 0 Å². The second-order valence-corrected chi connectivity index (χ2v) is 11.0. The molecule has 2 saturated carbocycles. The molecule has 2 heterocycles. The summed E-state index contributed by atoms with van der Waals surface area (Å²) >= 11 is 10.8. The molecule has 2 saturated heterocycles. The fourth-order valence-electron chi connectivity index (χ4n) is 5.07. The number of ether oxygens (including phenoxy) is 1. The third-order valence-electron chi connectivity index (χ3n) is 6.18. The molecule has 2 aliphatic carbocycles. The van der Waals surface area contributed by atoms with Gasteiger partial charge in [-0.2, -0.15) is 0 Å². The molecule has 2 aliphatic heterocycles. The van der Waals surface area contributed by atoms with Crippen molar-refractivity contribution in [3.8, 4) is 0 Å². The third kappa shape index (κ3) is 1.91. The molecule has 8 atom stereocenters. The molecule has 0 radical (unpaired) electrons. The Morgan fingerprint density at radius 3 is 1.86 bits per heavy atom. The van der Waals surface area contributed by atoms with Crippen LogP contribution in [0.3, 0.4) is 0 Å². The summed E-state index contributed by atoms with van der Waals surface area (Å²) in [5.74, 6) is 0. The minimum absolute atomic E-state index is 0.0260. The molecular weight excluding hydrogens is 472 g/mol. The molecule has 2 bridgehead atoms. The highest BCUT2D eigenvalue weighted by atomic mass is 79.9. The van der Waals surface area contributed by atoms with Gasteiger partial charge in [0.1, 0.15) is 5.60 Å². The normalized spacial score (nSPS) is 66.0. The minimum Gasteiger partial charge on any atom is -0.387 e. The zero-order chi connectivity index (χ0) is 15.3. The van der Waals surface area contributed by atoms with E-state index < -0.39 is 22.4 Å². The van der Waals surface area contributed by atoms with Crippen LogP contribution in [0, 0.1) is 0 Å². The van der Waals surface area contributed by atoms with Crippen molar-refractivity contribution in [2.24, 2.45) is 0 Å². The summed E-state index contributed by atoms with van der Waals surface area (Å²) in [6.07, 6.45) is 2.57. The molecule has 1 spiro atoms. The van der Waals surface area contributed by atoms with Crippen molar-refractivity contribution in [2.45, 2.75) is 81.5 Å². The van der Waals surface area contributed by atoms with Gasteiger partial charge in [-0.05, 0) is 19.3 Å². The largest absolute Gasteiger partial charge is 0.387 e. The molecule has 4 nitrogen and oxygen atoms in total. The maximum atomic E-state index is 11.2. The first-order valence-electron chi connectivity index (χ1n) is 7.39. The minimum atomic E-state index is -1.26. The van der Waals surface area contributed by atoms with Crippen LogP contribution < -0.4 is 0 Å². The van der Waals surface area contributed by atoms with Gasteiger partial charge < -0.3 is 20.1 Å². The second-order valence-electron chi connectivity index (χ2n) is 7.46. The monoisotopic (exact) mass is 488 g/mol. The summed E-state index contributed by atoms with van der Waals surface area (Å²) in [7, 11) is 0. The number of rotatable bonds is 0. The number of hydrogen-bond donors (Lipinski definition) is 3. The average molecular weight is 491 g/mol. The van der Waals surface area contributed by atoms with E-state index in [2.05, 4.69) is 47.8 Å². The van der Waals surface area contributed by atoms with Gasteiger partial charge >= 0.3 is 0 Å². The van der Waals surface area contributed by atoms with Crippen molar-refractivity contribution in [3.63, 3.8) is 0 Å². The summed E-state index contributed by atoms with van der Waals surface area (Å²) in [6.45, 7) is 0. The number of aliphatic hydroxyl groups is 3. The summed E-state index contributed by atoms with van der Waals surface area (Å²) in [4.78, 5) is 0.410. The Morgan fingerprint density at radius 1 is 0.714 bits per heavy atom. The molecule has 0 aromatic heterocycles. The van der Waals surface area contributed by atoms with Crippen LogP contribution in [-0.2, 0) is 4.74 Å². The van der Waals surface area contributed by atoms with Gasteiger partial charge in [-0.25, -0.2) is 0 Å². The fraction of sp³-hybridized carbons (Fsp3) is 1.00. The zero-order valence-electron chi connectivity index (χ0n) is 11.4. The highest BCUT2D eigenvalue weighted by molar-refractivity contribution is 9.12. The molecule has 4 rings (SSSR count). The van der Waals surface area contributed by atoms with E-state index in [-0.39, 0.29) is 27.0 Å². The van der Waals surface area contributed by atoms with E-state index in [1.54, 1.807) is 0 Å². The van der Waals surface area contributed by atoms with Crippen LogP contribution in [0.25, 0.3) is 0 Å². The van der Waals surface area contributed by atoms with Crippen LogP contribution >= 0.6 is 47.8 Å². The molecular formula is C14H19Br3O4. The maximum absolute atomic E-state index is 11.2. The average Bonchev–Trinajstić information content (AvgIpc) is 2.76. The van der Waals surface area contributed by atoms with E-state index in [9.17, 15) is 15.3 Å². The maximum Gasteiger partial charge on any atom is 0.101 e. The Balaban J connectivity index is 1.74. The molecule has 4 fully saturated rings. The number of fused-ring (bicyclic) bond motifs is 2. The van der Waals surface area contributed by atoms with E-state index in [0.717, 1.165) is 0 Å². The van der Waals surface area contributed by atoms with Crippen LogP contribution in [0.2, 0.25) is 0 Å². The molecule has 0 amide bonds. The predicted octanol–water partition coefficient (Wildman–Crippen LogP) is 1.99. The second kappa shape index (κ2) is 4.46. The lowest BCUT2D eigenvalue weighted by Crippen LogP contribution is -2.74. The SMILES string of the molecule is O[C@@]12C[C@@H](Br)[C@H](Br)C[C@@]1(O)C[C@@]13C[C@H](Br)[C@@H](C[C@]1(O)C2)O3. The number of halogens is 3. The quantitative estimate of drug-likeness (QED) is 0.454. The molecule has 0 aromatic carbocycles. The summed E-state index contributed by atoms with van der Waals surface area (Å²) in [6, 6.07) is 0. The van der Waals surface area contributed by atoms with Crippen LogP contribution in [0.4, 0.5) is 0 Å². The van der Waals surface area contributed by atoms with Crippen molar-refractivity contribution < 1.29 is 20.1 Å². The highest BCUT2D eigenvalue weighted by Gasteiger charge is 2.75.